The van der Waals surface area contributed by atoms with E-state index in [1.807, 2.05) is 85.8 Å². The number of hydrogen-bond donors (Lipinski definition) is 2. The number of carbonyl (C=O) groups is 1. The molecule has 0 aliphatic carbocycles. The van der Waals surface area contributed by atoms with E-state index in [0.717, 1.165) is 26.9 Å². The molecule has 4 rings (SSSR count). The van der Waals surface area contributed by atoms with Crippen LogP contribution in [0.25, 0.3) is 10.1 Å². The second-order valence-corrected chi connectivity index (χ2v) is 8.87. The summed E-state index contributed by atoms with van der Waals surface area (Å²) in [5.74, 6) is 0.685. The maximum Gasteiger partial charge on any atom is 0.267 e. The summed E-state index contributed by atoms with van der Waals surface area (Å²) in [6.45, 7) is 2.00. The van der Waals surface area contributed by atoms with Crippen LogP contribution in [0.5, 0.6) is 5.75 Å². The Hall–Kier alpha value is -2.93. The van der Waals surface area contributed by atoms with Crippen LogP contribution in [0.2, 0.25) is 0 Å². The van der Waals surface area contributed by atoms with Crippen molar-refractivity contribution in [3.63, 3.8) is 0 Å². The Morgan fingerprint density at radius 1 is 1.06 bits per heavy atom. The summed E-state index contributed by atoms with van der Waals surface area (Å²) in [6, 6.07) is 25.3. The first-order valence-corrected chi connectivity index (χ1v) is 11.8. The standard InChI is InChI=1S/C25H21ClN2O2S2/c1-16(17-8-3-2-4-9-17)30-19-11-7-10-18(14-19)27-25(31)28-24(29)23-21(15-26)20-12-5-6-13-22(20)32-23/h2-14,16H,15H2,1H3,(H2,27,28,29,31)/t16-/m1/s1. The molecule has 4 nitrogen and oxygen atoms in total. The normalized spacial score (nSPS) is 11.7. The first-order chi connectivity index (χ1) is 15.5. The molecule has 1 aromatic heterocycles. The highest BCUT2D eigenvalue weighted by Gasteiger charge is 2.18. The maximum absolute atomic E-state index is 12.9. The van der Waals surface area contributed by atoms with Crippen molar-refractivity contribution >= 4 is 61.9 Å². The zero-order valence-electron chi connectivity index (χ0n) is 17.3. The second-order valence-electron chi connectivity index (χ2n) is 7.15. The van der Waals surface area contributed by atoms with Crippen LogP contribution >= 0.6 is 35.2 Å². The number of hydrogen-bond acceptors (Lipinski definition) is 4. The summed E-state index contributed by atoms with van der Waals surface area (Å²) >= 11 is 12.9. The van der Waals surface area contributed by atoms with E-state index >= 15 is 0 Å². The lowest BCUT2D eigenvalue weighted by molar-refractivity contribution is 0.0981. The third-order valence-corrected chi connectivity index (χ3v) is 6.62. The number of nitrogens with one attached hydrogen (secondary N) is 2. The van der Waals surface area contributed by atoms with Gasteiger partial charge in [0.2, 0.25) is 0 Å². The van der Waals surface area contributed by atoms with Crippen molar-refractivity contribution in [2.75, 3.05) is 5.32 Å². The molecule has 4 aromatic rings. The Bertz CT molecular complexity index is 1260. The summed E-state index contributed by atoms with van der Waals surface area (Å²) in [5.41, 5.74) is 2.63. The summed E-state index contributed by atoms with van der Waals surface area (Å²) in [6.07, 6.45) is -0.0972. The largest absolute Gasteiger partial charge is 0.486 e. The number of fused-ring (bicyclic) bond motifs is 1. The van der Waals surface area contributed by atoms with Crippen LogP contribution in [-0.4, -0.2) is 11.0 Å². The van der Waals surface area contributed by atoms with Crippen molar-refractivity contribution in [2.45, 2.75) is 18.9 Å². The fraction of sp³-hybridized carbons (Fsp3) is 0.120. The van der Waals surface area contributed by atoms with Gasteiger partial charge in [0, 0.05) is 22.3 Å². The molecule has 0 radical (unpaired) electrons. The van der Waals surface area contributed by atoms with Gasteiger partial charge >= 0.3 is 0 Å². The summed E-state index contributed by atoms with van der Waals surface area (Å²) < 4.78 is 7.07. The third-order valence-electron chi connectivity index (χ3n) is 4.94. The number of benzene rings is 3. The van der Waals surface area contributed by atoms with Gasteiger partial charge in [-0.1, -0.05) is 54.6 Å². The highest BCUT2D eigenvalue weighted by Crippen LogP contribution is 2.32. The van der Waals surface area contributed by atoms with Crippen LogP contribution in [0.4, 0.5) is 5.69 Å². The minimum absolute atomic E-state index is 0.0972. The van der Waals surface area contributed by atoms with Crippen LogP contribution in [0.3, 0.4) is 0 Å². The molecule has 1 heterocycles. The average molecular weight is 481 g/mol. The monoisotopic (exact) mass is 480 g/mol. The number of anilines is 1. The highest BCUT2D eigenvalue weighted by atomic mass is 35.5. The van der Waals surface area contributed by atoms with Crippen molar-refractivity contribution in [3.8, 4) is 5.75 Å². The molecule has 162 valence electrons. The van der Waals surface area contributed by atoms with Gasteiger partial charge in [0.15, 0.2) is 5.11 Å². The lowest BCUT2D eigenvalue weighted by atomic mass is 10.1. The minimum atomic E-state index is -0.274. The van der Waals surface area contributed by atoms with Gasteiger partial charge in [-0.2, -0.15) is 0 Å². The zero-order chi connectivity index (χ0) is 22.5. The van der Waals surface area contributed by atoms with Crippen molar-refractivity contribution < 1.29 is 9.53 Å². The first kappa shape index (κ1) is 22.3. The fourth-order valence-corrected chi connectivity index (χ4v) is 5.06. The topological polar surface area (TPSA) is 50.4 Å². The van der Waals surface area contributed by atoms with Crippen LogP contribution in [0, 0.1) is 0 Å². The van der Waals surface area contributed by atoms with Crippen LogP contribution < -0.4 is 15.4 Å². The number of thiocarbonyl (C=S) groups is 1. The van der Waals surface area contributed by atoms with Gasteiger partial charge < -0.3 is 10.1 Å². The van der Waals surface area contributed by atoms with Crippen molar-refractivity contribution in [1.29, 1.82) is 0 Å². The summed E-state index contributed by atoms with van der Waals surface area (Å²) in [4.78, 5) is 13.4. The van der Waals surface area contributed by atoms with Crippen LogP contribution in [-0.2, 0) is 5.88 Å². The molecule has 0 fully saturated rings. The third kappa shape index (κ3) is 5.10. The quantitative estimate of drug-likeness (QED) is 0.232. The molecule has 1 atom stereocenters. The molecule has 0 bridgehead atoms. The predicted molar refractivity (Wildman–Crippen MR) is 137 cm³/mol. The maximum atomic E-state index is 12.9. The van der Waals surface area contributed by atoms with Crippen molar-refractivity contribution in [2.24, 2.45) is 0 Å². The van der Waals surface area contributed by atoms with E-state index in [0.29, 0.717) is 10.6 Å². The van der Waals surface area contributed by atoms with Crippen molar-refractivity contribution in [3.05, 3.63) is 94.9 Å². The van der Waals surface area contributed by atoms with E-state index < -0.39 is 0 Å². The van der Waals surface area contributed by atoms with Gasteiger partial charge in [0.05, 0.1) is 4.88 Å². The molecule has 32 heavy (non-hydrogen) atoms. The molecule has 3 aromatic carbocycles. The lowest BCUT2D eigenvalue weighted by Gasteiger charge is -2.16. The molecule has 7 heteroatoms. The Balaban J connectivity index is 1.42. The minimum Gasteiger partial charge on any atom is -0.486 e. The van der Waals surface area contributed by atoms with E-state index in [9.17, 15) is 4.79 Å². The van der Waals surface area contributed by atoms with E-state index in [1.165, 1.54) is 11.3 Å². The number of alkyl halides is 1. The van der Waals surface area contributed by atoms with Crippen LogP contribution in [0.15, 0.2) is 78.9 Å². The van der Waals surface area contributed by atoms with Gasteiger partial charge in [-0.3, -0.25) is 10.1 Å². The van der Waals surface area contributed by atoms with E-state index in [-0.39, 0.29) is 23.0 Å². The number of halogens is 1. The van der Waals surface area contributed by atoms with Crippen LogP contribution in [0.1, 0.15) is 33.8 Å². The smallest absolute Gasteiger partial charge is 0.267 e. The summed E-state index contributed by atoms with van der Waals surface area (Å²) in [5, 5.41) is 7.02. The number of ether oxygens (including phenoxy) is 1. The molecule has 1 amide bonds. The molecule has 0 spiro atoms. The molecule has 0 saturated carbocycles. The number of carbonyl (C=O) groups excluding carboxylic acids is 1. The predicted octanol–water partition coefficient (Wildman–Crippen LogP) is 6.91. The van der Waals surface area contributed by atoms with Gasteiger partial charge in [-0.05, 0) is 53.9 Å². The van der Waals surface area contributed by atoms with Gasteiger partial charge in [0.25, 0.3) is 5.91 Å². The van der Waals surface area contributed by atoms with Gasteiger partial charge in [-0.15, -0.1) is 22.9 Å². The molecule has 0 saturated heterocycles. The molecule has 0 unspecified atom stereocenters. The van der Waals surface area contributed by atoms with Gasteiger partial charge in [-0.25, -0.2) is 0 Å². The first-order valence-electron chi connectivity index (χ1n) is 10.1. The fourth-order valence-electron chi connectivity index (χ4n) is 3.38. The number of thiophene rings is 1. The number of rotatable bonds is 6. The van der Waals surface area contributed by atoms with E-state index in [4.69, 9.17) is 28.6 Å². The molecule has 0 aliphatic rings. The Kier molecular flexibility index (Phi) is 7.05. The molecular weight excluding hydrogens is 460 g/mol. The second kappa shape index (κ2) is 10.1. The van der Waals surface area contributed by atoms with Crippen molar-refractivity contribution in [1.82, 2.24) is 5.32 Å². The Labute approximate surface area is 201 Å². The van der Waals surface area contributed by atoms with Gasteiger partial charge in [0.1, 0.15) is 11.9 Å². The molecule has 0 aliphatic heterocycles. The Morgan fingerprint density at radius 3 is 2.59 bits per heavy atom. The highest BCUT2D eigenvalue weighted by molar-refractivity contribution is 7.80. The Morgan fingerprint density at radius 2 is 1.81 bits per heavy atom. The number of amides is 1. The summed E-state index contributed by atoms with van der Waals surface area (Å²) in [7, 11) is 0. The van der Waals surface area contributed by atoms with E-state index in [1.54, 1.807) is 0 Å². The zero-order valence-corrected chi connectivity index (χ0v) is 19.7. The lowest BCUT2D eigenvalue weighted by Crippen LogP contribution is -2.34. The average Bonchev–Trinajstić information content (AvgIpc) is 3.18. The molecular formula is C25H21ClN2O2S2. The SMILES string of the molecule is C[C@@H](Oc1cccc(NC(=S)NC(=O)c2sc3ccccc3c2CCl)c1)c1ccccc1. The molecule has 2 N–H and O–H groups in total. The van der Waals surface area contributed by atoms with E-state index in [2.05, 4.69) is 10.6 Å².